The predicted molar refractivity (Wildman–Crippen MR) is 72.1 cm³/mol. The lowest BCUT2D eigenvalue weighted by molar-refractivity contribution is 0.412. The number of nitriles is 1. The van der Waals surface area contributed by atoms with Gasteiger partial charge in [0.25, 0.3) is 0 Å². The number of methoxy groups -OCH3 is 1. The molecule has 2 N–H and O–H groups in total. The van der Waals surface area contributed by atoms with E-state index in [1.54, 1.807) is 25.3 Å². The summed E-state index contributed by atoms with van der Waals surface area (Å²) in [6.45, 7) is 0.492. The van der Waals surface area contributed by atoms with Crippen LogP contribution in [-0.4, -0.2) is 7.11 Å². The van der Waals surface area contributed by atoms with Crippen LogP contribution in [-0.2, 0) is 6.54 Å². The number of benzene rings is 2. The maximum absolute atomic E-state index is 9.10. The van der Waals surface area contributed by atoms with Crippen LogP contribution in [0.4, 0.5) is 0 Å². The normalized spacial score (nSPS) is 9.74. The first-order valence-electron chi connectivity index (χ1n) is 5.82. The highest BCUT2D eigenvalue weighted by atomic mass is 16.5. The van der Waals surface area contributed by atoms with Gasteiger partial charge in [0.05, 0.1) is 12.7 Å². The fraction of sp³-hybridized carbons (Fsp3) is 0.133. The van der Waals surface area contributed by atoms with E-state index in [1.807, 2.05) is 24.3 Å². The number of nitrogens with two attached hydrogens (primary N) is 1. The Morgan fingerprint density at radius 1 is 1.11 bits per heavy atom. The van der Waals surface area contributed by atoms with Crippen LogP contribution in [0.3, 0.4) is 0 Å². The van der Waals surface area contributed by atoms with E-state index in [1.165, 1.54) is 0 Å². The van der Waals surface area contributed by atoms with Crippen LogP contribution in [0.1, 0.15) is 11.1 Å². The minimum absolute atomic E-state index is 0.433. The van der Waals surface area contributed by atoms with E-state index < -0.39 is 0 Å². The van der Waals surface area contributed by atoms with E-state index >= 15 is 0 Å². The summed E-state index contributed by atoms with van der Waals surface area (Å²) in [6.07, 6.45) is 0. The van der Waals surface area contributed by atoms with Crippen LogP contribution in [0.2, 0.25) is 0 Å². The van der Waals surface area contributed by atoms with Gasteiger partial charge in [0.1, 0.15) is 23.3 Å². The molecular weight excluding hydrogens is 240 g/mol. The van der Waals surface area contributed by atoms with Crippen molar-refractivity contribution in [1.82, 2.24) is 0 Å². The third-order valence-electron chi connectivity index (χ3n) is 2.69. The van der Waals surface area contributed by atoms with Crippen LogP contribution in [0.25, 0.3) is 0 Å². The van der Waals surface area contributed by atoms with E-state index in [9.17, 15) is 0 Å². The third-order valence-corrected chi connectivity index (χ3v) is 2.69. The van der Waals surface area contributed by atoms with Crippen molar-refractivity contribution < 1.29 is 9.47 Å². The minimum atomic E-state index is 0.433. The van der Waals surface area contributed by atoms with Gasteiger partial charge in [-0.25, -0.2) is 0 Å². The summed E-state index contributed by atoms with van der Waals surface area (Å²) in [6, 6.07) is 14.6. The molecule has 0 saturated heterocycles. The first kappa shape index (κ1) is 12.9. The fourth-order valence-corrected chi connectivity index (χ4v) is 1.63. The second-order valence-electron chi connectivity index (χ2n) is 3.92. The van der Waals surface area contributed by atoms with Crippen molar-refractivity contribution in [3.63, 3.8) is 0 Å². The van der Waals surface area contributed by atoms with Gasteiger partial charge in [-0.1, -0.05) is 12.1 Å². The topological polar surface area (TPSA) is 68.3 Å². The van der Waals surface area contributed by atoms with Gasteiger partial charge in [-0.05, 0) is 29.8 Å². The lowest BCUT2D eigenvalue weighted by Gasteiger charge is -2.09. The predicted octanol–water partition coefficient (Wildman–Crippen LogP) is 2.82. The molecule has 4 nitrogen and oxygen atoms in total. The SMILES string of the molecule is COc1ccc(Oc2ccc(CN)cc2)c(C#N)c1. The Bertz CT molecular complexity index is 601. The molecule has 0 aliphatic carbocycles. The number of hydrogen-bond acceptors (Lipinski definition) is 4. The molecule has 96 valence electrons. The quantitative estimate of drug-likeness (QED) is 0.910. The van der Waals surface area contributed by atoms with Crippen molar-refractivity contribution in [3.8, 4) is 23.3 Å². The van der Waals surface area contributed by atoms with Crippen molar-refractivity contribution in [2.24, 2.45) is 5.73 Å². The Morgan fingerprint density at radius 2 is 1.79 bits per heavy atom. The summed E-state index contributed by atoms with van der Waals surface area (Å²) in [5, 5.41) is 9.10. The molecule has 0 aliphatic rings. The molecule has 19 heavy (non-hydrogen) atoms. The second-order valence-corrected chi connectivity index (χ2v) is 3.92. The van der Waals surface area contributed by atoms with E-state index in [4.69, 9.17) is 20.5 Å². The minimum Gasteiger partial charge on any atom is -0.497 e. The molecule has 0 spiro atoms. The van der Waals surface area contributed by atoms with Crippen molar-refractivity contribution >= 4 is 0 Å². The van der Waals surface area contributed by atoms with Gasteiger partial charge in [-0.15, -0.1) is 0 Å². The molecular formula is C15H14N2O2. The number of hydrogen-bond donors (Lipinski definition) is 1. The average molecular weight is 254 g/mol. The van der Waals surface area contributed by atoms with E-state index in [0.717, 1.165) is 5.56 Å². The maximum Gasteiger partial charge on any atom is 0.145 e. The number of ether oxygens (including phenoxy) is 2. The van der Waals surface area contributed by atoms with E-state index in [2.05, 4.69) is 6.07 Å². The molecule has 0 saturated carbocycles. The average Bonchev–Trinajstić information content (AvgIpc) is 2.48. The van der Waals surface area contributed by atoms with Crippen LogP contribution in [0.5, 0.6) is 17.2 Å². The maximum atomic E-state index is 9.10. The summed E-state index contributed by atoms with van der Waals surface area (Å²) >= 11 is 0. The van der Waals surface area contributed by atoms with Gasteiger partial charge >= 0.3 is 0 Å². The molecule has 0 radical (unpaired) electrons. The van der Waals surface area contributed by atoms with E-state index in [-0.39, 0.29) is 0 Å². The Morgan fingerprint density at radius 3 is 2.37 bits per heavy atom. The summed E-state index contributed by atoms with van der Waals surface area (Å²) in [5.41, 5.74) is 7.00. The molecule has 2 aromatic rings. The second kappa shape index (κ2) is 5.89. The molecule has 0 aromatic heterocycles. The summed E-state index contributed by atoms with van der Waals surface area (Å²) in [7, 11) is 1.56. The Kier molecular flexibility index (Phi) is 4.01. The molecule has 2 aromatic carbocycles. The first-order chi connectivity index (χ1) is 9.26. The van der Waals surface area contributed by atoms with Crippen LogP contribution in [0, 0.1) is 11.3 Å². The van der Waals surface area contributed by atoms with Crippen LogP contribution < -0.4 is 15.2 Å². The van der Waals surface area contributed by atoms with Crippen molar-refractivity contribution in [1.29, 1.82) is 5.26 Å². The van der Waals surface area contributed by atoms with Crippen molar-refractivity contribution in [2.75, 3.05) is 7.11 Å². The molecule has 0 amide bonds. The zero-order valence-corrected chi connectivity index (χ0v) is 10.6. The molecule has 0 unspecified atom stereocenters. The van der Waals surface area contributed by atoms with Crippen molar-refractivity contribution in [2.45, 2.75) is 6.54 Å². The zero-order valence-electron chi connectivity index (χ0n) is 10.6. The number of rotatable bonds is 4. The molecule has 0 fully saturated rings. The van der Waals surface area contributed by atoms with E-state index in [0.29, 0.717) is 29.4 Å². The molecule has 0 bridgehead atoms. The molecule has 2 rings (SSSR count). The van der Waals surface area contributed by atoms with Gasteiger partial charge in [0.2, 0.25) is 0 Å². The Labute approximate surface area is 112 Å². The molecule has 0 atom stereocenters. The smallest absolute Gasteiger partial charge is 0.145 e. The zero-order chi connectivity index (χ0) is 13.7. The number of nitrogens with zero attached hydrogens (tertiary/aromatic N) is 1. The third kappa shape index (κ3) is 3.03. The monoisotopic (exact) mass is 254 g/mol. The van der Waals surface area contributed by atoms with Crippen LogP contribution >= 0.6 is 0 Å². The molecule has 4 heteroatoms. The highest BCUT2D eigenvalue weighted by molar-refractivity contribution is 5.49. The van der Waals surface area contributed by atoms with Gasteiger partial charge in [0.15, 0.2) is 0 Å². The Hall–Kier alpha value is -2.51. The van der Waals surface area contributed by atoms with Crippen LogP contribution in [0.15, 0.2) is 42.5 Å². The fourth-order valence-electron chi connectivity index (χ4n) is 1.63. The van der Waals surface area contributed by atoms with Crippen molar-refractivity contribution in [3.05, 3.63) is 53.6 Å². The lowest BCUT2D eigenvalue weighted by Crippen LogP contribution is -1.95. The van der Waals surface area contributed by atoms with Gasteiger partial charge in [-0.2, -0.15) is 5.26 Å². The van der Waals surface area contributed by atoms with Gasteiger partial charge < -0.3 is 15.2 Å². The molecule has 0 aliphatic heterocycles. The first-order valence-corrected chi connectivity index (χ1v) is 5.82. The Balaban J connectivity index is 2.25. The highest BCUT2D eigenvalue weighted by Gasteiger charge is 2.06. The highest BCUT2D eigenvalue weighted by Crippen LogP contribution is 2.28. The largest absolute Gasteiger partial charge is 0.497 e. The molecule has 0 heterocycles. The lowest BCUT2D eigenvalue weighted by atomic mass is 10.2. The standard InChI is InChI=1S/C15H14N2O2/c1-18-14-6-7-15(12(8-14)10-17)19-13-4-2-11(9-16)3-5-13/h2-8H,9,16H2,1H3. The van der Waals surface area contributed by atoms with Gasteiger partial charge in [0, 0.05) is 12.6 Å². The summed E-state index contributed by atoms with van der Waals surface area (Å²) in [4.78, 5) is 0. The summed E-state index contributed by atoms with van der Waals surface area (Å²) < 4.78 is 10.8. The summed E-state index contributed by atoms with van der Waals surface area (Å²) in [5.74, 6) is 1.80. The van der Waals surface area contributed by atoms with Gasteiger partial charge in [-0.3, -0.25) is 0 Å².